The number of benzene rings is 1. The molecule has 0 radical (unpaired) electrons. The van der Waals surface area contributed by atoms with Crippen LogP contribution in [0.5, 0.6) is 0 Å². The van der Waals surface area contributed by atoms with E-state index in [1.54, 1.807) is 18.2 Å². The number of nitrogens with one attached hydrogen (secondary N) is 1. The molecule has 1 amide bonds. The summed E-state index contributed by atoms with van der Waals surface area (Å²) in [5.41, 5.74) is 0.951. The number of rotatable bonds is 5. The summed E-state index contributed by atoms with van der Waals surface area (Å²) in [7, 11) is 0. The van der Waals surface area contributed by atoms with Gasteiger partial charge in [0, 0.05) is 5.56 Å². The van der Waals surface area contributed by atoms with E-state index < -0.39 is 11.9 Å². The van der Waals surface area contributed by atoms with Gasteiger partial charge in [0.1, 0.15) is 18.4 Å². The van der Waals surface area contributed by atoms with Gasteiger partial charge in [-0.3, -0.25) is 9.59 Å². The van der Waals surface area contributed by atoms with E-state index in [-0.39, 0.29) is 18.4 Å². The van der Waals surface area contributed by atoms with Crippen molar-refractivity contribution in [1.82, 2.24) is 0 Å². The molecule has 0 aliphatic rings. The topological polar surface area (TPSA) is 55.4 Å². The fourth-order valence-electron chi connectivity index (χ4n) is 1.20. The minimum Gasteiger partial charge on any atom is -0.460 e. The molecule has 1 N–H and O–H groups in total. The molecule has 0 spiro atoms. The molecule has 0 unspecified atom stereocenters. The zero-order valence-electron chi connectivity index (χ0n) is 9.21. The highest BCUT2D eigenvalue weighted by Crippen LogP contribution is 2.26. The maximum absolute atomic E-state index is 11.2. The van der Waals surface area contributed by atoms with Crippen molar-refractivity contribution in [3.05, 3.63) is 28.8 Å². The van der Waals surface area contributed by atoms with E-state index in [1.165, 1.54) is 0 Å². The lowest BCUT2D eigenvalue weighted by atomic mass is 10.2. The van der Waals surface area contributed by atoms with Gasteiger partial charge < -0.3 is 10.1 Å². The van der Waals surface area contributed by atoms with Crippen LogP contribution in [0.3, 0.4) is 0 Å². The second-order valence-electron chi connectivity index (χ2n) is 3.25. The molecule has 0 aromatic heterocycles. The number of carbonyl (C=O) groups excluding carboxylic acids is 2. The van der Waals surface area contributed by atoms with Crippen LogP contribution >= 0.6 is 34.8 Å². The summed E-state index contributed by atoms with van der Waals surface area (Å²) in [4.78, 5) is 22.2. The monoisotopic (exact) mass is 309 g/mol. The van der Waals surface area contributed by atoms with Gasteiger partial charge in [-0.1, -0.05) is 23.7 Å². The van der Waals surface area contributed by atoms with Crippen LogP contribution in [0.1, 0.15) is 5.56 Å². The van der Waals surface area contributed by atoms with E-state index in [1.807, 2.05) is 0 Å². The highest BCUT2D eigenvalue weighted by molar-refractivity contribution is 6.35. The third-order valence-corrected chi connectivity index (χ3v) is 2.76. The molecule has 0 heterocycles. The molecule has 0 bridgehead atoms. The number of amides is 1. The summed E-state index contributed by atoms with van der Waals surface area (Å²) in [5, 5.41) is 2.88. The highest BCUT2D eigenvalue weighted by Gasteiger charge is 2.11. The molecule has 18 heavy (non-hydrogen) atoms. The molecule has 1 rings (SSSR count). The average Bonchev–Trinajstić information content (AvgIpc) is 2.38. The Hall–Kier alpha value is -0.970. The maximum atomic E-state index is 11.2. The van der Waals surface area contributed by atoms with Gasteiger partial charge >= 0.3 is 5.97 Å². The van der Waals surface area contributed by atoms with Crippen LogP contribution in [-0.2, 0) is 20.9 Å². The van der Waals surface area contributed by atoms with E-state index in [2.05, 4.69) is 5.32 Å². The number of alkyl halides is 2. The van der Waals surface area contributed by atoms with E-state index in [9.17, 15) is 9.59 Å². The first-order chi connectivity index (χ1) is 8.58. The molecule has 7 heteroatoms. The van der Waals surface area contributed by atoms with E-state index >= 15 is 0 Å². The van der Waals surface area contributed by atoms with E-state index in [0.29, 0.717) is 16.3 Å². The lowest BCUT2D eigenvalue weighted by molar-refractivity contribution is -0.141. The minimum absolute atomic E-state index is 0.0238. The van der Waals surface area contributed by atoms with E-state index in [0.717, 1.165) is 0 Å². The Bertz CT molecular complexity index is 451. The van der Waals surface area contributed by atoms with Crippen LogP contribution in [-0.4, -0.2) is 23.6 Å². The maximum Gasteiger partial charge on any atom is 0.321 e. The van der Waals surface area contributed by atoms with Gasteiger partial charge in [0.15, 0.2) is 0 Å². The lowest BCUT2D eigenvalue weighted by Crippen LogP contribution is -2.15. The number of hydrogen-bond donors (Lipinski definition) is 1. The van der Waals surface area contributed by atoms with Crippen LogP contribution in [0.4, 0.5) is 5.69 Å². The van der Waals surface area contributed by atoms with Gasteiger partial charge in [-0.2, -0.15) is 0 Å². The van der Waals surface area contributed by atoms with Crippen molar-refractivity contribution in [2.75, 3.05) is 17.1 Å². The van der Waals surface area contributed by atoms with Crippen molar-refractivity contribution in [1.29, 1.82) is 0 Å². The first-order valence-corrected chi connectivity index (χ1v) is 6.38. The Balaban J connectivity index is 2.86. The molecule has 0 aliphatic heterocycles. The minimum atomic E-state index is -0.550. The standard InChI is InChI=1S/C11H10Cl3NO3/c12-4-9(16)15-11-7(2-1-3-8(11)14)6-18-10(17)5-13/h1-3H,4-6H2,(H,15,16). The van der Waals surface area contributed by atoms with Crippen molar-refractivity contribution in [3.8, 4) is 0 Å². The SMILES string of the molecule is O=C(CCl)Nc1c(Cl)cccc1COC(=O)CCl. The molecule has 1 aromatic carbocycles. The molecule has 0 aliphatic carbocycles. The summed E-state index contributed by atoms with van der Waals surface area (Å²) in [5.74, 6) is -1.36. The zero-order chi connectivity index (χ0) is 13.5. The molecule has 4 nitrogen and oxygen atoms in total. The predicted molar refractivity (Wildman–Crippen MR) is 71.3 cm³/mol. The van der Waals surface area contributed by atoms with Gasteiger partial charge in [0.25, 0.3) is 0 Å². The second-order valence-corrected chi connectivity index (χ2v) is 4.19. The van der Waals surface area contributed by atoms with Crippen molar-refractivity contribution < 1.29 is 14.3 Å². The van der Waals surface area contributed by atoms with Gasteiger partial charge in [-0.05, 0) is 6.07 Å². The molecule has 0 saturated carbocycles. The van der Waals surface area contributed by atoms with Crippen molar-refractivity contribution >= 4 is 52.4 Å². The van der Waals surface area contributed by atoms with E-state index in [4.69, 9.17) is 39.5 Å². The number of ether oxygens (including phenoxy) is 1. The van der Waals surface area contributed by atoms with Crippen molar-refractivity contribution in [2.24, 2.45) is 0 Å². The Morgan fingerprint density at radius 1 is 1.22 bits per heavy atom. The highest BCUT2D eigenvalue weighted by atomic mass is 35.5. The largest absolute Gasteiger partial charge is 0.460 e. The van der Waals surface area contributed by atoms with Crippen LogP contribution < -0.4 is 5.32 Å². The van der Waals surface area contributed by atoms with Gasteiger partial charge in [0.2, 0.25) is 5.91 Å². The van der Waals surface area contributed by atoms with Crippen molar-refractivity contribution in [2.45, 2.75) is 6.61 Å². The van der Waals surface area contributed by atoms with Gasteiger partial charge in [-0.25, -0.2) is 0 Å². The quantitative estimate of drug-likeness (QED) is 0.672. The molecule has 0 fully saturated rings. The fraction of sp³-hybridized carbons (Fsp3) is 0.273. The summed E-state index contributed by atoms with van der Waals surface area (Å²) in [6, 6.07) is 4.97. The molecular weight excluding hydrogens is 300 g/mol. The first kappa shape index (κ1) is 15.1. The summed E-state index contributed by atoms with van der Waals surface area (Å²) >= 11 is 16.7. The predicted octanol–water partition coefficient (Wildman–Crippen LogP) is 2.80. The number of para-hydroxylation sites is 1. The Morgan fingerprint density at radius 2 is 1.94 bits per heavy atom. The van der Waals surface area contributed by atoms with Crippen LogP contribution in [0.15, 0.2) is 18.2 Å². The smallest absolute Gasteiger partial charge is 0.321 e. The average molecular weight is 311 g/mol. The Kier molecular flexibility index (Phi) is 6.25. The third kappa shape index (κ3) is 4.37. The molecule has 1 aromatic rings. The summed E-state index contributed by atoms with van der Waals surface area (Å²) in [6.45, 7) is -0.0238. The lowest BCUT2D eigenvalue weighted by Gasteiger charge is -2.12. The Morgan fingerprint density at radius 3 is 2.56 bits per heavy atom. The number of halogens is 3. The fourth-order valence-corrected chi connectivity index (χ4v) is 1.58. The molecule has 0 saturated heterocycles. The number of hydrogen-bond acceptors (Lipinski definition) is 3. The second kappa shape index (κ2) is 7.46. The summed E-state index contributed by atoms with van der Waals surface area (Å²) < 4.78 is 4.87. The molecular formula is C11H10Cl3NO3. The molecule has 98 valence electrons. The summed E-state index contributed by atoms with van der Waals surface area (Å²) in [6.07, 6.45) is 0. The number of carbonyl (C=O) groups is 2. The van der Waals surface area contributed by atoms with Gasteiger partial charge in [-0.15, -0.1) is 23.2 Å². The first-order valence-electron chi connectivity index (χ1n) is 4.93. The van der Waals surface area contributed by atoms with Crippen molar-refractivity contribution in [3.63, 3.8) is 0 Å². The molecule has 0 atom stereocenters. The van der Waals surface area contributed by atoms with Crippen LogP contribution in [0.2, 0.25) is 5.02 Å². The third-order valence-electron chi connectivity index (χ3n) is 1.98. The number of esters is 1. The normalized spacial score (nSPS) is 9.94. The number of anilines is 1. The van der Waals surface area contributed by atoms with Gasteiger partial charge in [0.05, 0.1) is 10.7 Å². The Labute approximate surface area is 119 Å². The zero-order valence-corrected chi connectivity index (χ0v) is 11.5. The van der Waals surface area contributed by atoms with Crippen LogP contribution in [0, 0.1) is 0 Å². The van der Waals surface area contributed by atoms with Crippen LogP contribution in [0.25, 0.3) is 0 Å².